The van der Waals surface area contributed by atoms with Crippen molar-refractivity contribution in [3.05, 3.63) is 40.1 Å². The van der Waals surface area contributed by atoms with E-state index in [1.54, 1.807) is 0 Å². The van der Waals surface area contributed by atoms with Gasteiger partial charge in [0.1, 0.15) is 4.60 Å². The molecule has 0 aliphatic carbocycles. The maximum atomic E-state index is 11.6. The lowest BCUT2D eigenvalue weighted by molar-refractivity contribution is 0.102. The Kier molecular flexibility index (Phi) is 3.21. The Balaban J connectivity index is 2.14. The molecule has 7 heteroatoms. The van der Waals surface area contributed by atoms with Gasteiger partial charge < -0.3 is 9.73 Å². The van der Waals surface area contributed by atoms with Crippen LogP contribution in [0.25, 0.3) is 0 Å². The van der Waals surface area contributed by atoms with Crippen LogP contribution in [0.5, 0.6) is 0 Å². The highest BCUT2D eigenvalue weighted by atomic mass is 79.9. The van der Waals surface area contributed by atoms with Crippen molar-refractivity contribution in [1.82, 2.24) is 9.97 Å². The Morgan fingerprint density at radius 2 is 2.25 bits per heavy atom. The summed E-state index contributed by atoms with van der Waals surface area (Å²) in [5.41, 5.74) is 0.256. The number of hydrogen-bond acceptors (Lipinski definition) is 4. The zero-order valence-electron chi connectivity index (χ0n) is 7.78. The summed E-state index contributed by atoms with van der Waals surface area (Å²) in [5, 5.41) is 2.58. The second-order valence-corrected chi connectivity index (χ2v) is 3.94. The lowest BCUT2D eigenvalue weighted by Gasteiger charge is -2.01. The summed E-state index contributed by atoms with van der Waals surface area (Å²) in [4.78, 5) is 19.5. The molecular weight excluding hydrogens is 297 g/mol. The molecule has 2 aromatic heterocycles. The molecule has 0 radical (unpaired) electrons. The fourth-order valence-corrected chi connectivity index (χ4v) is 1.42. The third-order valence-corrected chi connectivity index (χ3v) is 2.43. The van der Waals surface area contributed by atoms with E-state index in [2.05, 4.69) is 31.2 Å². The zero-order valence-corrected chi connectivity index (χ0v) is 10.1. The van der Waals surface area contributed by atoms with E-state index in [0.29, 0.717) is 10.4 Å². The molecule has 1 N–H and O–H groups in total. The first-order valence-electron chi connectivity index (χ1n) is 4.18. The third-order valence-electron chi connectivity index (χ3n) is 1.72. The number of halogens is 2. The molecule has 0 unspecified atom stereocenters. The number of rotatable bonds is 2. The summed E-state index contributed by atoms with van der Waals surface area (Å²) in [7, 11) is 0. The number of anilines is 1. The number of hydrogen-bond donors (Lipinski definition) is 1. The van der Waals surface area contributed by atoms with Gasteiger partial charge in [-0.1, -0.05) is 0 Å². The first kappa shape index (κ1) is 11.1. The van der Waals surface area contributed by atoms with E-state index in [1.807, 2.05) is 0 Å². The Morgan fingerprint density at radius 1 is 1.44 bits per heavy atom. The highest BCUT2D eigenvalue weighted by Gasteiger charge is 2.13. The predicted octanol–water partition coefficient (Wildman–Crippen LogP) is 2.74. The van der Waals surface area contributed by atoms with Crippen molar-refractivity contribution < 1.29 is 9.21 Å². The number of nitrogens with one attached hydrogen (secondary N) is 1. The summed E-state index contributed by atoms with van der Waals surface area (Å²) in [5.74, 6) is -0.0548. The zero-order chi connectivity index (χ0) is 11.5. The lowest BCUT2D eigenvalue weighted by atomic mass is 10.3. The maximum Gasteiger partial charge on any atom is 0.261 e. The van der Waals surface area contributed by atoms with Gasteiger partial charge in [0.15, 0.2) is 5.82 Å². The molecule has 0 aromatic carbocycles. The molecular formula is C9H5BrClN3O2. The van der Waals surface area contributed by atoms with Crippen molar-refractivity contribution in [2.24, 2.45) is 0 Å². The quantitative estimate of drug-likeness (QED) is 0.926. The van der Waals surface area contributed by atoms with E-state index < -0.39 is 5.91 Å². The smallest absolute Gasteiger partial charge is 0.261 e. The van der Waals surface area contributed by atoms with Crippen LogP contribution in [0.15, 0.2) is 33.7 Å². The summed E-state index contributed by atoms with van der Waals surface area (Å²) in [6, 6.07) is 1.48. The predicted molar refractivity (Wildman–Crippen MR) is 61.4 cm³/mol. The summed E-state index contributed by atoms with van der Waals surface area (Å²) >= 11 is 8.79. The Labute approximate surface area is 104 Å². The van der Waals surface area contributed by atoms with Gasteiger partial charge in [0.2, 0.25) is 5.22 Å². The van der Waals surface area contributed by atoms with Gasteiger partial charge in [-0.15, -0.1) is 0 Å². The molecule has 2 heterocycles. The van der Waals surface area contributed by atoms with E-state index in [4.69, 9.17) is 16.0 Å². The van der Waals surface area contributed by atoms with Gasteiger partial charge in [-0.05, 0) is 33.6 Å². The van der Waals surface area contributed by atoms with Gasteiger partial charge in [0.25, 0.3) is 5.91 Å². The number of nitrogens with zero attached hydrogens (tertiary/aromatic N) is 2. The van der Waals surface area contributed by atoms with E-state index in [9.17, 15) is 4.79 Å². The van der Waals surface area contributed by atoms with Crippen LogP contribution in [0.1, 0.15) is 10.4 Å². The molecule has 0 saturated heterocycles. The van der Waals surface area contributed by atoms with Gasteiger partial charge in [0, 0.05) is 0 Å². The highest BCUT2D eigenvalue weighted by Crippen LogP contribution is 2.17. The minimum Gasteiger partial charge on any atom is -0.452 e. The van der Waals surface area contributed by atoms with Gasteiger partial charge >= 0.3 is 0 Å². The standard InChI is InChI=1S/C9H5BrClN3O2/c10-6-3-13-7(4-12-6)14-9(15)5-1-2-16-8(5)11/h1-4H,(H,13,14,15). The van der Waals surface area contributed by atoms with Gasteiger partial charge in [-0.3, -0.25) is 4.79 Å². The van der Waals surface area contributed by atoms with Crippen molar-refractivity contribution >= 4 is 39.3 Å². The summed E-state index contributed by atoms with van der Waals surface area (Å²) in [6.07, 6.45) is 4.24. The first-order valence-corrected chi connectivity index (χ1v) is 5.36. The molecule has 0 atom stereocenters. The minimum atomic E-state index is -0.393. The van der Waals surface area contributed by atoms with E-state index in [-0.39, 0.29) is 10.8 Å². The average Bonchev–Trinajstić information content (AvgIpc) is 2.68. The number of carbonyl (C=O) groups is 1. The summed E-state index contributed by atoms with van der Waals surface area (Å²) in [6.45, 7) is 0. The van der Waals surface area contributed by atoms with Crippen LogP contribution in [0, 0.1) is 0 Å². The number of furan rings is 1. The fraction of sp³-hybridized carbons (Fsp3) is 0. The van der Waals surface area contributed by atoms with Gasteiger partial charge in [0.05, 0.1) is 24.2 Å². The van der Waals surface area contributed by atoms with Crippen LogP contribution in [0.4, 0.5) is 5.82 Å². The van der Waals surface area contributed by atoms with Crippen LogP contribution >= 0.6 is 27.5 Å². The molecule has 0 saturated carbocycles. The van der Waals surface area contributed by atoms with E-state index >= 15 is 0 Å². The Hall–Kier alpha value is -1.40. The van der Waals surface area contributed by atoms with Crippen LogP contribution in [-0.2, 0) is 0 Å². The Bertz CT molecular complexity index is 512. The van der Waals surface area contributed by atoms with Crippen molar-refractivity contribution in [3.8, 4) is 0 Å². The lowest BCUT2D eigenvalue weighted by Crippen LogP contribution is -2.12. The molecule has 0 fully saturated rings. The fourth-order valence-electron chi connectivity index (χ4n) is 1.02. The average molecular weight is 303 g/mol. The number of aromatic nitrogens is 2. The number of amides is 1. The maximum absolute atomic E-state index is 11.6. The van der Waals surface area contributed by atoms with Gasteiger partial charge in [-0.2, -0.15) is 0 Å². The molecule has 0 aliphatic heterocycles. The van der Waals surface area contributed by atoms with Crippen molar-refractivity contribution in [2.75, 3.05) is 5.32 Å². The second kappa shape index (κ2) is 4.63. The SMILES string of the molecule is O=C(Nc1cnc(Br)cn1)c1ccoc1Cl. The van der Waals surface area contributed by atoms with E-state index in [1.165, 1.54) is 24.7 Å². The summed E-state index contributed by atoms with van der Waals surface area (Å²) < 4.78 is 5.39. The molecule has 5 nitrogen and oxygen atoms in total. The van der Waals surface area contributed by atoms with Crippen molar-refractivity contribution in [2.45, 2.75) is 0 Å². The van der Waals surface area contributed by atoms with Crippen molar-refractivity contribution in [1.29, 1.82) is 0 Å². The van der Waals surface area contributed by atoms with Crippen LogP contribution in [-0.4, -0.2) is 15.9 Å². The van der Waals surface area contributed by atoms with Crippen LogP contribution in [0.3, 0.4) is 0 Å². The molecule has 2 aromatic rings. The Morgan fingerprint density at radius 3 is 2.81 bits per heavy atom. The first-order chi connectivity index (χ1) is 7.66. The molecule has 0 aliphatic rings. The topological polar surface area (TPSA) is 68.0 Å². The highest BCUT2D eigenvalue weighted by molar-refractivity contribution is 9.10. The molecule has 82 valence electrons. The molecule has 0 spiro atoms. The molecule has 1 amide bonds. The molecule has 0 bridgehead atoms. The largest absolute Gasteiger partial charge is 0.452 e. The normalized spacial score (nSPS) is 10.1. The molecule has 16 heavy (non-hydrogen) atoms. The van der Waals surface area contributed by atoms with Crippen LogP contribution < -0.4 is 5.32 Å². The van der Waals surface area contributed by atoms with Gasteiger partial charge in [-0.25, -0.2) is 9.97 Å². The molecule has 2 rings (SSSR count). The van der Waals surface area contributed by atoms with Crippen LogP contribution in [0.2, 0.25) is 5.22 Å². The third kappa shape index (κ3) is 2.40. The minimum absolute atomic E-state index is 0.0440. The number of carbonyl (C=O) groups excluding carboxylic acids is 1. The van der Waals surface area contributed by atoms with E-state index in [0.717, 1.165) is 0 Å². The second-order valence-electron chi connectivity index (χ2n) is 2.79. The monoisotopic (exact) mass is 301 g/mol. The van der Waals surface area contributed by atoms with Crippen molar-refractivity contribution in [3.63, 3.8) is 0 Å².